The van der Waals surface area contributed by atoms with Gasteiger partial charge in [0.15, 0.2) is 105 Å². The average molecular weight is 1730 g/mol. The molecule has 0 amide bonds. The second-order valence-electron chi connectivity index (χ2n) is 26.3. The monoisotopic (exact) mass is 1730 g/mol. The summed E-state index contributed by atoms with van der Waals surface area (Å²) < 4.78 is 466. The second-order valence-corrected chi connectivity index (χ2v) is 26.3. The number of rotatable bonds is 10. The van der Waals surface area contributed by atoms with Gasteiger partial charge in [-0.2, -0.15) is 111 Å². The van der Waals surface area contributed by atoms with Crippen LogP contribution in [0.4, 0.5) is 132 Å². The molecule has 0 saturated heterocycles. The van der Waals surface area contributed by atoms with E-state index in [1.165, 1.54) is 111 Å². The summed E-state index contributed by atoms with van der Waals surface area (Å²) in [5.41, 5.74) is 7.28. The molecule has 10 aromatic rings. The van der Waals surface area contributed by atoms with E-state index >= 15 is 105 Å². The van der Waals surface area contributed by atoms with E-state index in [9.17, 15) is 26.3 Å². The van der Waals surface area contributed by atoms with E-state index in [1.807, 2.05) is 0 Å². The Kier molecular flexibility index (Phi) is 30.7. The fourth-order valence-electron chi connectivity index (χ4n) is 12.8. The van der Waals surface area contributed by atoms with Gasteiger partial charge in [-0.15, -0.1) is 0 Å². The molecule has 0 aliphatic heterocycles. The predicted octanol–water partition coefficient (Wildman–Crippen LogP) is 19.7. The van der Waals surface area contributed by atoms with Crippen LogP contribution in [0.15, 0.2) is 0 Å². The Bertz CT molecular complexity index is 4170. The van der Waals surface area contributed by atoms with E-state index in [2.05, 4.69) is 148 Å². The summed E-state index contributed by atoms with van der Waals surface area (Å²) in [5, 5.41) is 0. The van der Waals surface area contributed by atoms with Gasteiger partial charge >= 0.3 is 33.6 Å². The molecule has 10 aromatic carbocycles. The van der Waals surface area contributed by atoms with Crippen molar-refractivity contribution in [1.82, 2.24) is 5.64 Å². The third kappa shape index (κ3) is 15.9. The van der Waals surface area contributed by atoms with Crippen molar-refractivity contribution in [3.05, 3.63) is 286 Å². The largest absolute Gasteiger partial charge is 3.00 e. The maximum Gasteiger partial charge on any atom is 3.00 e. The zero-order valence-corrected chi connectivity index (χ0v) is 64.5. The summed E-state index contributed by atoms with van der Waals surface area (Å²) in [6, 6.07) is 0. The molecule has 0 spiro atoms. The molecule has 1 radical (unpaired) electrons. The van der Waals surface area contributed by atoms with Gasteiger partial charge in [0.05, 0.1) is 0 Å². The van der Waals surface area contributed by atoms with Gasteiger partial charge in [-0.1, -0.05) is 171 Å². The van der Waals surface area contributed by atoms with Crippen LogP contribution in [0.3, 0.4) is 0 Å². The molecule has 0 fully saturated rings. The molecule has 615 valence electrons. The topological polar surface area (TPSA) is 32.6 Å². The fourth-order valence-corrected chi connectivity index (χ4v) is 12.8. The summed E-state index contributed by atoms with van der Waals surface area (Å²) in [5.74, 6) is -116. The van der Waals surface area contributed by atoms with Crippen LogP contribution in [-0.4, -0.2) is 12.7 Å². The van der Waals surface area contributed by atoms with Crippen molar-refractivity contribution >= 4 is 45.5 Å². The Morgan fingerprint density at radius 2 is 0.248 bits per heavy atom. The van der Waals surface area contributed by atoms with Crippen LogP contribution in [0.2, 0.25) is 0 Å². The van der Waals surface area contributed by atoms with Crippen molar-refractivity contribution in [3.8, 4) is 0 Å². The fraction of sp³-hybridized carbons (Fsp3) is 0.263. The first kappa shape index (κ1) is 97.0. The molecule has 10 rings (SSSR count). The first-order chi connectivity index (χ1) is 51.0. The minimum absolute atomic E-state index is 0. The molecular formula is C76H60B2Co2F30NO2. The van der Waals surface area contributed by atoms with Gasteiger partial charge in [-0.05, 0) is 5.64 Å². The molecule has 0 aliphatic rings. The third-order valence-electron chi connectivity index (χ3n) is 21.6. The molecule has 0 bridgehead atoms. The van der Waals surface area contributed by atoms with E-state index in [4.69, 9.17) is 0 Å². The SMILES string of the molecule is Cc1c(C)c(C)[c-](C)c1C.Cc1c(C)c(C)[c-](C)c1C.Cc1c(C)c(C)[c-](C)c1C.Cc1c(C)c(C)[c-](C)c1C.Fc1c(F)c(F)c([B-](O[N]O[B-](c2c(F)c(F)c(F)c(F)c2F)(c2c(F)c(F)c(F)c(F)c2F)c2c(F)c(F)c(F)c(F)c2F)(c2c(F)c(F)c(F)c(F)c2F)c2c(F)c(F)c(F)c(F)c2F)c(F)c1F.[Co+3].[Co+3]. The summed E-state index contributed by atoms with van der Waals surface area (Å²) in [6.45, 7) is 44.0. The van der Waals surface area contributed by atoms with Crippen molar-refractivity contribution in [2.24, 2.45) is 0 Å². The summed E-state index contributed by atoms with van der Waals surface area (Å²) >= 11 is 0. The number of benzene rings is 6. The minimum atomic E-state index is -7.78. The van der Waals surface area contributed by atoms with Crippen LogP contribution < -0.4 is 38.4 Å². The van der Waals surface area contributed by atoms with Crippen LogP contribution in [0, 0.1) is 313 Å². The molecule has 0 unspecified atom stereocenters. The first-order valence-electron chi connectivity index (χ1n) is 32.2. The molecule has 113 heavy (non-hydrogen) atoms. The van der Waals surface area contributed by atoms with E-state index in [-0.39, 0.29) is 33.6 Å². The number of hydrogen-bond donors (Lipinski definition) is 0. The molecule has 0 N–H and O–H groups in total. The van der Waals surface area contributed by atoms with Crippen molar-refractivity contribution in [2.45, 2.75) is 138 Å². The van der Waals surface area contributed by atoms with Crippen molar-refractivity contribution in [1.29, 1.82) is 0 Å². The smallest absolute Gasteiger partial charge is 0.461 e. The Morgan fingerprint density at radius 1 is 0.168 bits per heavy atom. The Labute approximate surface area is 647 Å². The number of halogens is 30. The predicted molar refractivity (Wildman–Crippen MR) is 354 cm³/mol. The molecule has 0 aromatic heterocycles. The van der Waals surface area contributed by atoms with Gasteiger partial charge in [-0.3, -0.25) is 0 Å². The Hall–Kier alpha value is -8.36. The molecule has 0 atom stereocenters. The first-order valence-corrected chi connectivity index (χ1v) is 32.2. The van der Waals surface area contributed by atoms with Gasteiger partial charge in [0.2, 0.25) is 12.7 Å². The van der Waals surface area contributed by atoms with Crippen molar-refractivity contribution in [3.63, 3.8) is 0 Å². The Morgan fingerprint density at radius 3 is 0.319 bits per heavy atom. The molecule has 37 heteroatoms. The molecule has 0 heterocycles. The van der Waals surface area contributed by atoms with Gasteiger partial charge in [-0.25, -0.2) is 132 Å². The third-order valence-corrected chi connectivity index (χ3v) is 21.6. The maximum atomic E-state index is 16.0. The standard InChI is InChI=1S/C36B2F30NO2.4C10H15.2Co/c39-7-1(8(40)20(52)31(63)19(7)51)37(2-9(41)21(53)32(64)22(54)10(2)42,3-11(43)23(55)33(65)24(56)12(3)44)70-69-71-38(4-13(45)25(57)34(66)26(58)14(4)46,5-15(47)27(59)35(67)28(60)16(5)48)6-17(49)29(61)36(68)30(62)18(6)50;4*1-6-7(2)9(4)10(5)8(6)3;;/h;4*1-5H3;;/q-2;4*-1;2*+3. The molecular weight excluding hydrogens is 1670 g/mol. The van der Waals surface area contributed by atoms with Crippen LogP contribution in [-0.2, 0) is 43.1 Å². The molecule has 0 saturated carbocycles. The molecule has 3 nitrogen and oxygen atoms in total. The van der Waals surface area contributed by atoms with Crippen LogP contribution in [0.5, 0.6) is 0 Å². The van der Waals surface area contributed by atoms with E-state index in [0.717, 1.165) is 0 Å². The Balaban J connectivity index is 0.000000510. The molecule has 0 aliphatic carbocycles. The summed E-state index contributed by atoms with van der Waals surface area (Å²) in [7, 11) is 0. The second kappa shape index (κ2) is 35.8. The van der Waals surface area contributed by atoms with E-state index in [1.54, 1.807) is 5.64 Å². The van der Waals surface area contributed by atoms with Crippen molar-refractivity contribution in [2.75, 3.05) is 0 Å². The van der Waals surface area contributed by atoms with Crippen LogP contribution in [0.25, 0.3) is 0 Å². The number of hydrogen-bond acceptors (Lipinski definition) is 2. The van der Waals surface area contributed by atoms with E-state index < -0.39 is 220 Å². The maximum absolute atomic E-state index is 16.0. The minimum Gasteiger partial charge on any atom is -0.461 e. The van der Waals surface area contributed by atoms with Crippen LogP contribution in [0.1, 0.15) is 111 Å². The quantitative estimate of drug-likeness (QED) is 0.0341. The normalized spacial score (nSPS) is 11.4. The van der Waals surface area contributed by atoms with E-state index in [0.29, 0.717) is 0 Å². The van der Waals surface area contributed by atoms with Gasteiger partial charge in [0, 0.05) is 0 Å². The summed E-state index contributed by atoms with van der Waals surface area (Å²) in [4.78, 5) is 0. The number of nitrogens with zero attached hydrogens (tertiary/aromatic N) is 1. The van der Waals surface area contributed by atoms with Gasteiger partial charge < -0.3 is 9.51 Å². The zero-order chi connectivity index (χ0) is 85.5. The van der Waals surface area contributed by atoms with Gasteiger partial charge in [0.1, 0.15) is 69.8 Å². The van der Waals surface area contributed by atoms with Crippen molar-refractivity contribution < 1.29 is 175 Å². The average Bonchev–Trinajstić information content (AvgIpc) is 1.40. The van der Waals surface area contributed by atoms with Crippen LogP contribution >= 0.6 is 0 Å². The summed E-state index contributed by atoms with van der Waals surface area (Å²) in [6.07, 6.45) is -15.6. The zero-order valence-electron chi connectivity index (χ0n) is 62.4. The van der Waals surface area contributed by atoms with Gasteiger partial charge in [0.25, 0.3) is 0 Å².